The first kappa shape index (κ1) is 20.6. The zero-order valence-electron chi connectivity index (χ0n) is 14.6. The summed E-state index contributed by atoms with van der Waals surface area (Å²) in [6, 6.07) is 2.06. The second-order valence-electron chi connectivity index (χ2n) is 5.99. The Kier molecular flexibility index (Phi) is 6.04. The van der Waals surface area contributed by atoms with E-state index in [9.17, 15) is 22.8 Å². The molecule has 1 N–H and O–H groups in total. The fraction of sp³-hybridized carbons (Fsp3) is 0.294. The SMILES string of the molecule is C[C@H](C(=O)c1c[nH]c(C(=O)N=CN(C)C)c1)c1ncc(C(F)(F)F)cc1Cl. The number of halogens is 4. The van der Waals surface area contributed by atoms with Crippen molar-refractivity contribution in [2.45, 2.75) is 19.0 Å². The van der Waals surface area contributed by atoms with Gasteiger partial charge in [0.25, 0.3) is 5.91 Å². The number of aromatic amines is 1. The van der Waals surface area contributed by atoms with Crippen LogP contribution >= 0.6 is 11.6 Å². The lowest BCUT2D eigenvalue weighted by molar-refractivity contribution is -0.137. The molecule has 2 aromatic rings. The first-order valence-corrected chi connectivity index (χ1v) is 8.08. The third-order valence-electron chi connectivity index (χ3n) is 3.60. The first-order valence-electron chi connectivity index (χ1n) is 7.71. The van der Waals surface area contributed by atoms with Crippen LogP contribution in [0.15, 0.2) is 29.5 Å². The summed E-state index contributed by atoms with van der Waals surface area (Å²) in [5.41, 5.74) is -0.697. The second-order valence-corrected chi connectivity index (χ2v) is 6.40. The summed E-state index contributed by atoms with van der Waals surface area (Å²) in [5, 5.41) is -0.256. The van der Waals surface area contributed by atoms with Crippen molar-refractivity contribution in [2.75, 3.05) is 14.1 Å². The summed E-state index contributed by atoms with van der Waals surface area (Å²) < 4.78 is 38.1. The standard InChI is InChI=1S/C17H16ClF3N4O2/c1-9(14-12(18)5-11(7-23-14)17(19,20)21)15(26)10-4-13(22-6-10)16(27)24-8-25(2)3/h4-9,22H,1-3H3/t9-/m0/s1. The van der Waals surface area contributed by atoms with Gasteiger partial charge in [0.2, 0.25) is 0 Å². The first-order chi connectivity index (χ1) is 12.5. The molecule has 0 aromatic carbocycles. The van der Waals surface area contributed by atoms with Crippen LogP contribution < -0.4 is 0 Å². The highest BCUT2D eigenvalue weighted by atomic mass is 35.5. The van der Waals surface area contributed by atoms with E-state index in [0.29, 0.717) is 6.20 Å². The summed E-state index contributed by atoms with van der Waals surface area (Å²) in [4.78, 5) is 36.1. The molecule has 0 aliphatic heterocycles. The molecular formula is C17H16ClF3N4O2. The molecule has 2 heterocycles. The molecule has 0 saturated carbocycles. The number of Topliss-reactive ketones (excluding diaryl/α,β-unsaturated/α-hetero) is 1. The van der Waals surface area contributed by atoms with Crippen molar-refractivity contribution in [3.05, 3.63) is 52.1 Å². The number of pyridine rings is 1. The molecule has 0 unspecified atom stereocenters. The van der Waals surface area contributed by atoms with Crippen molar-refractivity contribution in [1.29, 1.82) is 0 Å². The number of ketones is 1. The summed E-state index contributed by atoms with van der Waals surface area (Å²) in [6.07, 6.45) is -1.30. The average Bonchev–Trinajstić information content (AvgIpc) is 3.07. The van der Waals surface area contributed by atoms with E-state index in [1.165, 1.54) is 25.5 Å². The number of H-pyrrole nitrogens is 1. The number of carbonyl (C=O) groups is 2. The van der Waals surface area contributed by atoms with Crippen LogP contribution in [-0.2, 0) is 6.18 Å². The Hall–Kier alpha value is -2.68. The molecule has 0 bridgehead atoms. The zero-order valence-corrected chi connectivity index (χ0v) is 15.4. The van der Waals surface area contributed by atoms with Crippen molar-refractivity contribution in [3.8, 4) is 0 Å². The van der Waals surface area contributed by atoms with Crippen molar-refractivity contribution in [3.63, 3.8) is 0 Å². The molecule has 0 aliphatic rings. The summed E-state index contributed by atoms with van der Waals surface area (Å²) in [7, 11) is 3.39. The van der Waals surface area contributed by atoms with Gasteiger partial charge >= 0.3 is 6.18 Å². The third kappa shape index (κ3) is 4.94. The maximum absolute atomic E-state index is 12.7. The predicted octanol–water partition coefficient (Wildman–Crippen LogP) is 3.80. The molecule has 2 rings (SSSR count). The molecule has 6 nitrogen and oxygen atoms in total. The van der Waals surface area contributed by atoms with Gasteiger partial charge in [0, 0.05) is 32.1 Å². The van der Waals surface area contributed by atoms with Gasteiger partial charge in [-0.15, -0.1) is 0 Å². The molecule has 0 aliphatic carbocycles. The van der Waals surface area contributed by atoms with Crippen LogP contribution in [-0.4, -0.2) is 47.0 Å². The lowest BCUT2D eigenvalue weighted by Gasteiger charge is -2.13. The summed E-state index contributed by atoms with van der Waals surface area (Å²) in [6.45, 7) is 1.47. The van der Waals surface area contributed by atoms with Crippen LogP contribution in [0.25, 0.3) is 0 Å². The fourth-order valence-corrected chi connectivity index (χ4v) is 2.52. The number of hydrogen-bond acceptors (Lipinski definition) is 3. The van der Waals surface area contributed by atoms with Crippen molar-refractivity contribution < 1.29 is 22.8 Å². The minimum atomic E-state index is -4.58. The van der Waals surface area contributed by atoms with Crippen LogP contribution in [0.3, 0.4) is 0 Å². The number of aliphatic imine (C=N–C) groups is 1. The van der Waals surface area contributed by atoms with Crippen molar-refractivity contribution in [2.24, 2.45) is 4.99 Å². The molecular weight excluding hydrogens is 385 g/mol. The van der Waals surface area contributed by atoms with Crippen LogP contribution in [0.2, 0.25) is 5.02 Å². The molecule has 0 saturated heterocycles. The van der Waals surface area contributed by atoms with E-state index >= 15 is 0 Å². The predicted molar refractivity (Wildman–Crippen MR) is 94.3 cm³/mol. The highest BCUT2D eigenvalue weighted by Gasteiger charge is 2.32. The molecule has 0 fully saturated rings. The number of amides is 1. The summed E-state index contributed by atoms with van der Waals surface area (Å²) >= 11 is 5.89. The number of aromatic nitrogens is 2. The second kappa shape index (κ2) is 7.91. The minimum Gasteiger partial charge on any atom is -0.369 e. The van der Waals surface area contributed by atoms with Gasteiger partial charge in [-0.25, -0.2) is 0 Å². The minimum absolute atomic E-state index is 0.0226. The number of hydrogen-bond donors (Lipinski definition) is 1. The van der Waals surface area contributed by atoms with Gasteiger partial charge in [-0.3, -0.25) is 14.6 Å². The molecule has 2 aromatic heterocycles. The summed E-state index contributed by atoms with van der Waals surface area (Å²) in [5.74, 6) is -1.92. The van der Waals surface area contributed by atoms with E-state index in [4.69, 9.17) is 11.6 Å². The van der Waals surface area contributed by atoms with Crippen LogP contribution in [0.1, 0.15) is 44.9 Å². The monoisotopic (exact) mass is 400 g/mol. The highest BCUT2D eigenvalue weighted by molar-refractivity contribution is 6.31. The molecule has 1 atom stereocenters. The van der Waals surface area contributed by atoms with Gasteiger partial charge in [0.1, 0.15) is 5.69 Å². The van der Waals surface area contributed by atoms with Gasteiger partial charge in [0.15, 0.2) is 5.78 Å². The van der Waals surface area contributed by atoms with Crippen LogP contribution in [0.5, 0.6) is 0 Å². The number of nitrogens with zero attached hydrogens (tertiary/aromatic N) is 3. The van der Waals surface area contributed by atoms with E-state index in [0.717, 1.165) is 6.07 Å². The lowest BCUT2D eigenvalue weighted by atomic mass is 9.97. The third-order valence-corrected chi connectivity index (χ3v) is 3.91. The lowest BCUT2D eigenvalue weighted by Crippen LogP contribution is -2.13. The van der Waals surface area contributed by atoms with Gasteiger partial charge in [-0.05, 0) is 19.1 Å². The Morgan fingerprint density at radius 2 is 2.00 bits per heavy atom. The van der Waals surface area contributed by atoms with Crippen LogP contribution in [0.4, 0.5) is 13.2 Å². The normalized spacial score (nSPS) is 13.0. The largest absolute Gasteiger partial charge is 0.417 e. The van der Waals surface area contributed by atoms with Crippen LogP contribution in [0, 0.1) is 0 Å². The van der Waals surface area contributed by atoms with Gasteiger partial charge in [-0.2, -0.15) is 18.2 Å². The maximum atomic E-state index is 12.7. The van der Waals surface area contributed by atoms with Crippen molar-refractivity contribution in [1.82, 2.24) is 14.9 Å². The number of nitrogens with one attached hydrogen (secondary N) is 1. The Balaban J connectivity index is 2.22. The molecule has 10 heteroatoms. The Labute approximate surface area is 158 Å². The average molecular weight is 401 g/mol. The topological polar surface area (TPSA) is 78.4 Å². The number of alkyl halides is 3. The molecule has 0 spiro atoms. The van der Waals surface area contributed by atoms with E-state index in [2.05, 4.69) is 15.0 Å². The Morgan fingerprint density at radius 1 is 1.33 bits per heavy atom. The van der Waals surface area contributed by atoms with Crippen molar-refractivity contribution >= 4 is 29.6 Å². The van der Waals surface area contributed by atoms with E-state index in [-0.39, 0.29) is 22.0 Å². The van der Waals surface area contributed by atoms with Gasteiger partial charge in [-0.1, -0.05) is 11.6 Å². The molecule has 144 valence electrons. The van der Waals surface area contributed by atoms with E-state index < -0.39 is 29.3 Å². The zero-order chi connectivity index (χ0) is 20.4. The Bertz CT molecular complexity index is 891. The molecule has 27 heavy (non-hydrogen) atoms. The quantitative estimate of drug-likeness (QED) is 0.470. The van der Waals surface area contributed by atoms with E-state index in [1.54, 1.807) is 19.0 Å². The smallest absolute Gasteiger partial charge is 0.369 e. The van der Waals surface area contributed by atoms with Gasteiger partial charge in [0.05, 0.1) is 28.5 Å². The number of rotatable bonds is 5. The van der Waals surface area contributed by atoms with Gasteiger partial charge < -0.3 is 9.88 Å². The maximum Gasteiger partial charge on any atom is 0.417 e. The Morgan fingerprint density at radius 3 is 2.56 bits per heavy atom. The van der Waals surface area contributed by atoms with E-state index in [1.807, 2.05) is 0 Å². The molecule has 1 amide bonds. The highest BCUT2D eigenvalue weighted by Crippen LogP contribution is 2.33. The number of carbonyl (C=O) groups excluding carboxylic acids is 2. The fourth-order valence-electron chi connectivity index (χ4n) is 2.19. The molecule has 0 radical (unpaired) electrons.